The van der Waals surface area contributed by atoms with E-state index in [2.05, 4.69) is 20.4 Å². The molecule has 0 spiro atoms. The molecule has 186 valence electrons. The molecule has 2 aliphatic heterocycles. The van der Waals surface area contributed by atoms with E-state index in [1.54, 1.807) is 5.38 Å². The molecule has 3 atom stereocenters. The minimum absolute atomic E-state index is 0.0211. The molecular formula is C18H22N9O5S3+. The smallest absolute Gasteiger partial charge is 0.384 e. The molecule has 0 aromatic carbocycles. The van der Waals surface area contributed by atoms with Crippen molar-refractivity contribution in [1.29, 1.82) is 0 Å². The highest BCUT2D eigenvalue weighted by Crippen LogP contribution is 2.44. The summed E-state index contributed by atoms with van der Waals surface area (Å²) in [7, 11) is 1.28. The van der Waals surface area contributed by atoms with E-state index in [0.29, 0.717) is 5.16 Å². The molecule has 14 nitrogen and oxygen atoms in total. The van der Waals surface area contributed by atoms with E-state index in [-0.39, 0.29) is 40.4 Å². The first-order valence-corrected chi connectivity index (χ1v) is 12.9. The number of carboxylic acid groups (broad SMARTS) is 1. The number of β-lactam (4-membered cyclic amide) rings is 1. The van der Waals surface area contributed by atoms with Crippen LogP contribution >= 0.6 is 34.9 Å². The first-order valence-electron chi connectivity index (χ1n) is 10.00. The van der Waals surface area contributed by atoms with Crippen LogP contribution in [0.2, 0.25) is 0 Å². The second-order valence-corrected chi connectivity index (χ2v) is 10.7. The fraction of sp³-hybridized carbons (Fsp3) is 0.389. The first kappa shape index (κ1) is 24.8. The van der Waals surface area contributed by atoms with Crippen molar-refractivity contribution in [3.8, 4) is 0 Å². The largest absolute Gasteiger partial charge is 0.481 e. The maximum atomic E-state index is 12.9. The van der Waals surface area contributed by atoms with Crippen LogP contribution in [0.4, 0.5) is 10.9 Å². The summed E-state index contributed by atoms with van der Waals surface area (Å²) in [4.78, 5) is 52.3. The topological polar surface area (TPSA) is 216 Å². The van der Waals surface area contributed by atoms with Gasteiger partial charge in [0.1, 0.15) is 35.8 Å². The number of rotatable bonds is 8. The second-order valence-electron chi connectivity index (χ2n) is 7.73. The molecule has 0 saturated carbocycles. The number of anilines is 2. The Morgan fingerprint density at radius 2 is 2.23 bits per heavy atom. The lowest BCUT2D eigenvalue weighted by Crippen LogP contribution is -2.74. The van der Waals surface area contributed by atoms with Gasteiger partial charge >= 0.3 is 11.1 Å². The number of carbonyl (C=O) groups is 3. The number of thiazole rings is 1. The number of carboxylic acids is 1. The third kappa shape index (κ3) is 4.78. The van der Waals surface area contributed by atoms with Gasteiger partial charge in [-0.2, -0.15) is 0 Å². The van der Waals surface area contributed by atoms with Gasteiger partial charge < -0.3 is 31.6 Å². The number of aromatic nitrogens is 3. The molecule has 2 unspecified atom stereocenters. The number of hydrogen-bond donors (Lipinski definition) is 5. The average molecular weight is 541 g/mol. The van der Waals surface area contributed by atoms with Crippen molar-refractivity contribution >= 4 is 69.3 Å². The van der Waals surface area contributed by atoms with Gasteiger partial charge in [0, 0.05) is 29.5 Å². The Morgan fingerprint density at radius 3 is 2.89 bits per heavy atom. The van der Waals surface area contributed by atoms with Gasteiger partial charge in [0.15, 0.2) is 10.8 Å². The highest BCUT2D eigenvalue weighted by Gasteiger charge is 2.57. The van der Waals surface area contributed by atoms with Gasteiger partial charge in [-0.25, -0.2) is 4.98 Å². The summed E-state index contributed by atoms with van der Waals surface area (Å²) in [6.07, 6.45) is 1.52. The number of oxime groups is 1. The normalized spacial score (nSPS) is 23.9. The number of amides is 2. The molecule has 2 amide bonds. The fourth-order valence-corrected chi connectivity index (χ4v) is 6.86. The zero-order valence-electron chi connectivity index (χ0n) is 18.3. The summed E-state index contributed by atoms with van der Waals surface area (Å²) in [6, 6.07) is 0.684. The summed E-state index contributed by atoms with van der Waals surface area (Å²) < 4.78 is 1.25. The maximum Gasteiger partial charge on any atom is 0.384 e. The monoisotopic (exact) mass is 540 g/mol. The summed E-state index contributed by atoms with van der Waals surface area (Å²) in [5, 5.41) is 18.1. The predicted molar refractivity (Wildman–Crippen MR) is 130 cm³/mol. The van der Waals surface area contributed by atoms with Crippen molar-refractivity contribution in [1.82, 2.24) is 20.2 Å². The lowest BCUT2D eigenvalue weighted by Gasteiger charge is -2.53. The van der Waals surface area contributed by atoms with Crippen LogP contribution in [0.3, 0.4) is 0 Å². The first-order chi connectivity index (χ1) is 16.6. The van der Waals surface area contributed by atoms with Gasteiger partial charge in [-0.05, 0) is 16.7 Å². The summed E-state index contributed by atoms with van der Waals surface area (Å²) in [5.74, 6) is 4.35. The van der Waals surface area contributed by atoms with Gasteiger partial charge in [0.25, 0.3) is 5.91 Å². The molecule has 2 aromatic rings. The number of fused-ring (bicyclic) bond motifs is 1. The van der Waals surface area contributed by atoms with Crippen molar-refractivity contribution in [2.45, 2.75) is 16.6 Å². The van der Waals surface area contributed by atoms with Gasteiger partial charge in [-0.3, -0.25) is 20.2 Å². The fourth-order valence-electron chi connectivity index (χ4n) is 3.54. The van der Waals surface area contributed by atoms with Crippen LogP contribution in [0.25, 0.3) is 0 Å². The lowest BCUT2D eigenvalue weighted by molar-refractivity contribution is -0.682. The van der Waals surface area contributed by atoms with Crippen LogP contribution in [-0.2, 0) is 19.2 Å². The minimum atomic E-state index is -1.24. The number of aliphatic carboxylic acids is 1. The molecule has 8 N–H and O–H groups in total. The number of nitrogens with two attached hydrogens (primary N) is 3. The van der Waals surface area contributed by atoms with Crippen molar-refractivity contribution < 1.29 is 29.0 Å². The zero-order valence-corrected chi connectivity index (χ0v) is 20.7. The van der Waals surface area contributed by atoms with Crippen LogP contribution in [-0.4, -0.2) is 80.0 Å². The Hall–Kier alpha value is -3.31. The van der Waals surface area contributed by atoms with E-state index in [0.717, 1.165) is 23.1 Å². The average Bonchev–Trinajstić information content (AvgIpc) is 3.26. The number of hydrogen-bond acceptors (Lipinski definition) is 13. The van der Waals surface area contributed by atoms with Crippen LogP contribution < -0.4 is 27.3 Å². The molecule has 17 heteroatoms. The van der Waals surface area contributed by atoms with Crippen LogP contribution in [0.1, 0.15) is 5.69 Å². The zero-order chi connectivity index (χ0) is 25.3. The highest BCUT2D eigenvalue weighted by molar-refractivity contribution is 8.00. The Morgan fingerprint density at radius 1 is 1.46 bits per heavy atom. The molecule has 35 heavy (non-hydrogen) atoms. The number of nitrogens with one attached hydrogen (secondary N) is 1. The Labute approximate surface area is 211 Å². The molecular weight excluding hydrogens is 518 g/mol. The van der Waals surface area contributed by atoms with E-state index in [1.807, 2.05) is 0 Å². The van der Waals surface area contributed by atoms with Gasteiger partial charge in [0.05, 0.1) is 0 Å². The lowest BCUT2D eigenvalue weighted by atomic mass is 9.89. The molecule has 2 saturated heterocycles. The molecule has 0 radical (unpaired) electrons. The van der Waals surface area contributed by atoms with E-state index in [4.69, 9.17) is 22.1 Å². The van der Waals surface area contributed by atoms with E-state index in [9.17, 15) is 19.5 Å². The summed E-state index contributed by atoms with van der Waals surface area (Å²) >= 11 is 3.55. The molecule has 4 rings (SSSR count). The van der Waals surface area contributed by atoms with Crippen molar-refractivity contribution in [2.24, 2.45) is 10.6 Å². The van der Waals surface area contributed by atoms with E-state index >= 15 is 0 Å². The van der Waals surface area contributed by atoms with Gasteiger partial charge in [-0.15, -0.1) is 27.8 Å². The number of thioether (sulfide) groups is 2. The number of nitrogen functional groups attached to an aromatic ring is 3. The van der Waals surface area contributed by atoms with E-state index in [1.165, 1.54) is 40.7 Å². The van der Waals surface area contributed by atoms with Gasteiger partial charge in [0.2, 0.25) is 11.7 Å². The Balaban J connectivity index is 1.44. The van der Waals surface area contributed by atoms with Crippen LogP contribution in [0, 0.1) is 5.41 Å². The summed E-state index contributed by atoms with van der Waals surface area (Å²) in [6.45, 7) is -0.0211. The Kier molecular flexibility index (Phi) is 6.91. The minimum Gasteiger partial charge on any atom is -0.481 e. The van der Waals surface area contributed by atoms with Crippen molar-refractivity contribution in [3.63, 3.8) is 0 Å². The van der Waals surface area contributed by atoms with E-state index < -0.39 is 34.6 Å². The maximum absolute atomic E-state index is 12.9. The van der Waals surface area contributed by atoms with Crippen LogP contribution in [0.5, 0.6) is 0 Å². The molecule has 2 aliphatic rings. The molecule has 2 aromatic heterocycles. The predicted octanol–water partition coefficient (Wildman–Crippen LogP) is -1.68. The quantitative estimate of drug-likeness (QED) is 0.0482. The van der Waals surface area contributed by atoms with Crippen molar-refractivity contribution in [3.05, 3.63) is 23.3 Å². The number of carbonyl (C=O) groups excluding carboxylic acids is 2. The molecule has 4 heterocycles. The standard InChI is InChI=1S/C18H21N9O5S3/c1-32-25-10(8-4-33-16(20)22-8)12(28)24-11-13(29)26-5-18(15(30)31,6-34-14(11)26)7-35-17-23-9(19)2-3-27(17)21/h2-4,11,14,19H,5-7,21H2,1H3,(H4,20,22,24,28,30,31)/p+1/t11?,14-,18?/m1/s1. The number of nitrogens with zero attached hydrogens (tertiary/aromatic N) is 5. The molecule has 0 aliphatic carbocycles. The highest BCUT2D eigenvalue weighted by atomic mass is 32.2. The van der Waals surface area contributed by atoms with Gasteiger partial charge in [-0.1, -0.05) is 5.16 Å². The summed E-state index contributed by atoms with van der Waals surface area (Å²) in [5.41, 5.74) is 10.2. The third-order valence-corrected chi connectivity index (χ3v) is 8.89. The second kappa shape index (κ2) is 9.74. The van der Waals surface area contributed by atoms with Crippen LogP contribution in [0.15, 0.2) is 28.0 Å². The molecule has 2 fully saturated rings. The SMILES string of the molecule is CON=C(C(=O)NC1C(=O)N2CC(CSc3nc(N)cc[n+]3N)(C(=O)O)CS[C@H]12)c1csc(N)n1. The third-order valence-electron chi connectivity index (χ3n) is 5.38. The van der Waals surface area contributed by atoms with Crippen molar-refractivity contribution in [2.75, 3.05) is 42.5 Å². The molecule has 0 bridgehead atoms. The Bertz CT molecular complexity index is 1210.